The normalized spacial score (nSPS) is 16.8. The Hall–Kier alpha value is -2.05. The Bertz CT molecular complexity index is 438. The summed E-state index contributed by atoms with van der Waals surface area (Å²) >= 11 is 0. The molecule has 0 aromatic rings. The van der Waals surface area contributed by atoms with Crippen LogP contribution in [0.5, 0.6) is 0 Å². The van der Waals surface area contributed by atoms with Crippen LogP contribution < -0.4 is 0 Å². The van der Waals surface area contributed by atoms with E-state index < -0.39 is 18.1 Å². The molecule has 7 heteroatoms. The Kier molecular flexibility index (Phi) is 8.15. The molecule has 0 bridgehead atoms. The molecule has 1 aliphatic rings. The number of hydrogen-bond acceptors (Lipinski definition) is 5. The highest BCUT2D eigenvalue weighted by molar-refractivity contribution is 5.87. The second kappa shape index (κ2) is 9.86. The van der Waals surface area contributed by atoms with Crippen molar-refractivity contribution in [1.29, 1.82) is 0 Å². The largest absolute Gasteiger partial charge is 0.467 e. The second-order valence-corrected chi connectivity index (χ2v) is 5.41. The third-order valence-corrected chi connectivity index (χ3v) is 3.70. The van der Waals surface area contributed by atoms with Crippen LogP contribution in [0.15, 0.2) is 12.7 Å². The number of ether oxygens (including phenoxy) is 2. The minimum absolute atomic E-state index is 0.134. The topological polar surface area (TPSA) is 76.2 Å². The van der Waals surface area contributed by atoms with Gasteiger partial charge in [0.15, 0.2) is 0 Å². The standard InChI is InChI=1S/C16H26N2O5/c1-4-6-11-23-16(21)17(9-5-2)12-14(19)18-10-7-8-13(18)15(20)22-3/h5,13H,2,4,6-12H2,1,3H3/t13-/m0/s1. The number of methoxy groups -OCH3 is 1. The highest BCUT2D eigenvalue weighted by Gasteiger charge is 2.35. The van der Waals surface area contributed by atoms with E-state index in [1.807, 2.05) is 6.92 Å². The van der Waals surface area contributed by atoms with Gasteiger partial charge in [-0.05, 0) is 19.3 Å². The van der Waals surface area contributed by atoms with Crippen molar-refractivity contribution >= 4 is 18.0 Å². The molecule has 1 aliphatic heterocycles. The average Bonchev–Trinajstić information content (AvgIpc) is 3.03. The number of esters is 1. The molecule has 0 radical (unpaired) electrons. The first-order valence-corrected chi connectivity index (χ1v) is 7.95. The molecule has 0 aromatic heterocycles. The summed E-state index contributed by atoms with van der Waals surface area (Å²) in [5.41, 5.74) is 0. The van der Waals surface area contributed by atoms with Crippen LogP contribution in [0.2, 0.25) is 0 Å². The van der Waals surface area contributed by atoms with Gasteiger partial charge < -0.3 is 14.4 Å². The Balaban J connectivity index is 2.64. The summed E-state index contributed by atoms with van der Waals surface area (Å²) in [6.07, 6.45) is 4.02. The lowest BCUT2D eigenvalue weighted by atomic mass is 10.2. The van der Waals surface area contributed by atoms with E-state index in [1.54, 1.807) is 0 Å². The van der Waals surface area contributed by atoms with E-state index in [-0.39, 0.29) is 19.0 Å². The number of amides is 2. The smallest absolute Gasteiger partial charge is 0.410 e. The van der Waals surface area contributed by atoms with Crippen LogP contribution in [0.25, 0.3) is 0 Å². The maximum atomic E-state index is 12.4. The summed E-state index contributed by atoms with van der Waals surface area (Å²) in [6, 6.07) is -0.561. The lowest BCUT2D eigenvalue weighted by Crippen LogP contribution is -2.47. The van der Waals surface area contributed by atoms with E-state index in [0.717, 1.165) is 19.3 Å². The average molecular weight is 326 g/mol. The third-order valence-electron chi connectivity index (χ3n) is 3.70. The summed E-state index contributed by atoms with van der Waals surface area (Å²) < 4.78 is 9.86. The second-order valence-electron chi connectivity index (χ2n) is 5.41. The number of likely N-dealkylation sites (tertiary alicyclic amines) is 1. The van der Waals surface area contributed by atoms with Gasteiger partial charge in [0.1, 0.15) is 12.6 Å². The minimum Gasteiger partial charge on any atom is -0.467 e. The highest BCUT2D eigenvalue weighted by Crippen LogP contribution is 2.18. The van der Waals surface area contributed by atoms with Crippen LogP contribution in [0.4, 0.5) is 4.79 Å². The van der Waals surface area contributed by atoms with Crippen molar-refractivity contribution < 1.29 is 23.9 Å². The molecule has 1 atom stereocenters. The van der Waals surface area contributed by atoms with Crippen LogP contribution in [0, 0.1) is 0 Å². The predicted octanol–water partition coefficient (Wildman–Crippen LogP) is 1.58. The molecule has 1 rings (SSSR count). The van der Waals surface area contributed by atoms with Gasteiger partial charge in [-0.25, -0.2) is 9.59 Å². The van der Waals surface area contributed by atoms with Gasteiger partial charge in [0.05, 0.1) is 13.7 Å². The molecule has 0 aliphatic carbocycles. The zero-order chi connectivity index (χ0) is 17.2. The van der Waals surface area contributed by atoms with E-state index in [4.69, 9.17) is 9.47 Å². The first kappa shape index (κ1) is 19.0. The Morgan fingerprint density at radius 2 is 2.13 bits per heavy atom. The number of unbranched alkanes of at least 4 members (excludes halogenated alkanes) is 1. The van der Waals surface area contributed by atoms with Gasteiger partial charge >= 0.3 is 12.1 Å². The number of nitrogens with zero attached hydrogens (tertiary/aromatic N) is 2. The van der Waals surface area contributed by atoms with Crippen LogP contribution in [-0.4, -0.2) is 67.2 Å². The molecule has 1 heterocycles. The van der Waals surface area contributed by atoms with Crippen LogP contribution in [0.1, 0.15) is 32.6 Å². The molecule has 0 spiro atoms. The van der Waals surface area contributed by atoms with Crippen molar-refractivity contribution in [2.75, 3.05) is 33.4 Å². The van der Waals surface area contributed by atoms with Gasteiger partial charge in [-0.2, -0.15) is 0 Å². The minimum atomic E-state index is -0.561. The van der Waals surface area contributed by atoms with Crippen LogP contribution >= 0.6 is 0 Å². The number of rotatable bonds is 8. The Labute approximate surface area is 137 Å². The summed E-state index contributed by atoms with van der Waals surface area (Å²) in [6.45, 7) is 6.49. The SMILES string of the molecule is C=CCN(CC(=O)N1CCC[C@H]1C(=O)OC)C(=O)OCCCC. The molecule has 2 amide bonds. The van der Waals surface area contributed by atoms with Gasteiger partial charge in [-0.3, -0.25) is 9.69 Å². The van der Waals surface area contributed by atoms with Gasteiger partial charge in [-0.15, -0.1) is 6.58 Å². The van der Waals surface area contributed by atoms with Crippen molar-refractivity contribution in [1.82, 2.24) is 9.80 Å². The zero-order valence-corrected chi connectivity index (χ0v) is 14.0. The molecule has 130 valence electrons. The zero-order valence-electron chi connectivity index (χ0n) is 14.0. The van der Waals surface area contributed by atoms with Crippen molar-refractivity contribution in [3.05, 3.63) is 12.7 Å². The molecule has 23 heavy (non-hydrogen) atoms. The Morgan fingerprint density at radius 3 is 2.74 bits per heavy atom. The van der Waals surface area contributed by atoms with Gasteiger partial charge in [0.2, 0.25) is 5.91 Å². The fourth-order valence-corrected chi connectivity index (χ4v) is 2.45. The number of hydrogen-bond donors (Lipinski definition) is 0. The quantitative estimate of drug-likeness (QED) is 0.384. The van der Waals surface area contributed by atoms with E-state index in [1.165, 1.54) is 23.0 Å². The van der Waals surface area contributed by atoms with E-state index in [2.05, 4.69) is 6.58 Å². The third kappa shape index (κ3) is 5.58. The molecule has 0 unspecified atom stereocenters. The first-order chi connectivity index (χ1) is 11.0. The maximum Gasteiger partial charge on any atom is 0.410 e. The molecule has 0 N–H and O–H groups in total. The molecule has 0 aromatic carbocycles. The molecular formula is C16H26N2O5. The van der Waals surface area contributed by atoms with Gasteiger partial charge in [0.25, 0.3) is 0 Å². The summed E-state index contributed by atoms with van der Waals surface area (Å²) in [5.74, 6) is -0.705. The molecular weight excluding hydrogens is 300 g/mol. The van der Waals surface area contributed by atoms with Crippen molar-refractivity contribution in [3.63, 3.8) is 0 Å². The maximum absolute atomic E-state index is 12.4. The van der Waals surface area contributed by atoms with Gasteiger partial charge in [-0.1, -0.05) is 19.4 Å². The summed E-state index contributed by atoms with van der Waals surface area (Å²) in [4.78, 5) is 38.9. The number of carbonyl (C=O) groups excluding carboxylic acids is 3. The van der Waals surface area contributed by atoms with Crippen molar-refractivity contribution in [2.24, 2.45) is 0 Å². The van der Waals surface area contributed by atoms with Crippen LogP contribution in [-0.2, 0) is 19.1 Å². The van der Waals surface area contributed by atoms with Gasteiger partial charge in [0, 0.05) is 13.1 Å². The first-order valence-electron chi connectivity index (χ1n) is 7.95. The van der Waals surface area contributed by atoms with E-state index in [0.29, 0.717) is 19.6 Å². The lowest BCUT2D eigenvalue weighted by molar-refractivity contribution is -0.151. The number of carbonyl (C=O) groups is 3. The monoisotopic (exact) mass is 326 g/mol. The fraction of sp³-hybridized carbons (Fsp3) is 0.688. The lowest BCUT2D eigenvalue weighted by Gasteiger charge is -2.26. The molecule has 7 nitrogen and oxygen atoms in total. The van der Waals surface area contributed by atoms with E-state index >= 15 is 0 Å². The highest BCUT2D eigenvalue weighted by atomic mass is 16.6. The Morgan fingerprint density at radius 1 is 1.39 bits per heavy atom. The molecule has 1 fully saturated rings. The van der Waals surface area contributed by atoms with E-state index in [9.17, 15) is 14.4 Å². The van der Waals surface area contributed by atoms with Crippen molar-refractivity contribution in [2.45, 2.75) is 38.6 Å². The fourth-order valence-electron chi connectivity index (χ4n) is 2.45. The molecule has 1 saturated heterocycles. The molecule has 0 saturated carbocycles. The predicted molar refractivity (Wildman–Crippen MR) is 84.8 cm³/mol. The van der Waals surface area contributed by atoms with Crippen molar-refractivity contribution in [3.8, 4) is 0 Å². The summed E-state index contributed by atoms with van der Waals surface area (Å²) in [7, 11) is 1.30. The summed E-state index contributed by atoms with van der Waals surface area (Å²) in [5, 5.41) is 0. The van der Waals surface area contributed by atoms with Crippen LogP contribution in [0.3, 0.4) is 0 Å².